The Kier molecular flexibility index (Phi) is 5.08. The van der Waals surface area contributed by atoms with Gasteiger partial charge in [-0.25, -0.2) is 9.59 Å². The monoisotopic (exact) mass is 394 g/mol. The Morgan fingerprint density at radius 3 is 2.74 bits per heavy atom. The summed E-state index contributed by atoms with van der Waals surface area (Å²) in [6.45, 7) is 5.51. The van der Waals surface area contributed by atoms with Crippen molar-refractivity contribution in [3.05, 3.63) is 34.9 Å². The van der Waals surface area contributed by atoms with E-state index in [0.717, 1.165) is 11.3 Å². The number of methoxy groups -OCH3 is 1. The van der Waals surface area contributed by atoms with Gasteiger partial charge in [-0.1, -0.05) is 28.9 Å². The van der Waals surface area contributed by atoms with Crippen molar-refractivity contribution < 1.29 is 23.9 Å². The summed E-state index contributed by atoms with van der Waals surface area (Å²) in [5.74, 6) is -0.502. The van der Waals surface area contributed by atoms with Crippen LogP contribution < -0.4 is 0 Å². The zero-order chi connectivity index (χ0) is 19.8. The van der Waals surface area contributed by atoms with Crippen LogP contribution in [0, 0.1) is 0 Å². The van der Waals surface area contributed by atoms with E-state index in [1.165, 1.54) is 12.0 Å². The minimum Gasteiger partial charge on any atom is -0.467 e. The van der Waals surface area contributed by atoms with Gasteiger partial charge in [-0.15, -0.1) is 0 Å². The molecule has 27 heavy (non-hydrogen) atoms. The number of hydrogen-bond acceptors (Lipinski definition) is 6. The number of rotatable bonds is 2. The van der Waals surface area contributed by atoms with Crippen molar-refractivity contribution in [2.45, 2.75) is 50.9 Å². The van der Waals surface area contributed by atoms with Gasteiger partial charge in [0.2, 0.25) is 0 Å². The molecule has 1 unspecified atom stereocenters. The molecule has 0 aliphatic carbocycles. The maximum Gasteiger partial charge on any atom is 0.411 e. The number of hydrogen-bond donors (Lipinski definition) is 0. The van der Waals surface area contributed by atoms with Crippen LogP contribution in [-0.4, -0.2) is 53.6 Å². The van der Waals surface area contributed by atoms with E-state index in [2.05, 4.69) is 5.16 Å². The van der Waals surface area contributed by atoms with Gasteiger partial charge in [0.15, 0.2) is 5.60 Å². The summed E-state index contributed by atoms with van der Waals surface area (Å²) in [5.41, 5.74) is 0.122. The second-order valence-electron chi connectivity index (χ2n) is 7.85. The van der Waals surface area contributed by atoms with E-state index in [4.69, 9.17) is 25.9 Å². The molecule has 1 fully saturated rings. The van der Waals surface area contributed by atoms with Crippen LogP contribution >= 0.6 is 11.6 Å². The molecule has 7 nitrogen and oxygen atoms in total. The number of carbonyl (C=O) groups excluding carboxylic acids is 2. The highest BCUT2D eigenvalue weighted by atomic mass is 35.5. The van der Waals surface area contributed by atoms with Crippen molar-refractivity contribution in [1.29, 1.82) is 0 Å². The lowest BCUT2D eigenvalue weighted by Gasteiger charge is -2.27. The summed E-state index contributed by atoms with van der Waals surface area (Å²) < 4.78 is 10.3. The number of ether oxygens (including phenoxy) is 2. The highest BCUT2D eigenvalue weighted by molar-refractivity contribution is 6.31. The summed E-state index contributed by atoms with van der Waals surface area (Å²) in [6, 6.07) is 6.54. The molecular formula is C19H23ClN2O5. The van der Waals surface area contributed by atoms with Crippen LogP contribution in [0.25, 0.3) is 0 Å². The molecule has 0 N–H and O–H groups in total. The average molecular weight is 395 g/mol. The predicted octanol–water partition coefficient (Wildman–Crippen LogP) is 3.39. The molecule has 0 saturated carbocycles. The zero-order valence-corrected chi connectivity index (χ0v) is 16.6. The first kappa shape index (κ1) is 19.5. The molecule has 2 heterocycles. The van der Waals surface area contributed by atoms with E-state index >= 15 is 0 Å². The van der Waals surface area contributed by atoms with Crippen molar-refractivity contribution in [3.63, 3.8) is 0 Å². The predicted molar refractivity (Wildman–Crippen MR) is 99.8 cm³/mol. The maximum atomic E-state index is 12.6. The van der Waals surface area contributed by atoms with Crippen molar-refractivity contribution in [3.8, 4) is 0 Å². The van der Waals surface area contributed by atoms with Crippen LogP contribution in [0.5, 0.6) is 0 Å². The molecule has 0 bridgehead atoms. The number of likely N-dealkylation sites (tertiary alicyclic amines) is 1. The third kappa shape index (κ3) is 4.18. The molecule has 2 aliphatic heterocycles. The summed E-state index contributed by atoms with van der Waals surface area (Å²) in [7, 11) is 1.30. The van der Waals surface area contributed by atoms with E-state index in [1.54, 1.807) is 32.9 Å². The third-order valence-corrected chi connectivity index (χ3v) is 4.73. The largest absolute Gasteiger partial charge is 0.467 e. The lowest BCUT2D eigenvalue weighted by atomic mass is 9.92. The summed E-state index contributed by atoms with van der Waals surface area (Å²) in [5, 5.41) is 4.80. The van der Waals surface area contributed by atoms with Gasteiger partial charge in [-0.3, -0.25) is 4.90 Å². The first-order chi connectivity index (χ1) is 12.6. The summed E-state index contributed by atoms with van der Waals surface area (Å²) >= 11 is 6.06. The van der Waals surface area contributed by atoms with Crippen LogP contribution in [0.4, 0.5) is 4.79 Å². The standard InChI is InChI=1S/C19H23ClN2O5/c1-18(2,3)26-17(24)22-11-19(10-15(22)16(23)25-4)9-14(21-27-19)12-6-5-7-13(20)8-12/h5-8,15H,9-11H2,1-4H3/t15?,19-/m1/s1. The van der Waals surface area contributed by atoms with Crippen molar-refractivity contribution in [2.75, 3.05) is 13.7 Å². The van der Waals surface area contributed by atoms with E-state index in [0.29, 0.717) is 11.4 Å². The Balaban J connectivity index is 1.80. The third-order valence-electron chi connectivity index (χ3n) is 4.50. The molecule has 1 amide bonds. The Bertz CT molecular complexity index is 789. The number of benzene rings is 1. The Labute approximate surface area is 163 Å². The van der Waals surface area contributed by atoms with Crippen LogP contribution in [0.2, 0.25) is 5.02 Å². The van der Waals surface area contributed by atoms with Crippen molar-refractivity contribution >= 4 is 29.4 Å². The van der Waals surface area contributed by atoms with Gasteiger partial charge in [0.05, 0.1) is 19.4 Å². The fourth-order valence-electron chi connectivity index (χ4n) is 3.35. The fraction of sp³-hybridized carbons (Fsp3) is 0.526. The maximum absolute atomic E-state index is 12.6. The number of esters is 1. The number of amides is 1. The molecule has 2 atom stereocenters. The van der Waals surface area contributed by atoms with E-state index in [9.17, 15) is 9.59 Å². The molecule has 1 spiro atoms. The Morgan fingerprint density at radius 1 is 1.37 bits per heavy atom. The minimum absolute atomic E-state index is 0.190. The first-order valence-corrected chi connectivity index (χ1v) is 9.09. The van der Waals surface area contributed by atoms with Crippen molar-refractivity contribution in [1.82, 2.24) is 4.90 Å². The molecule has 2 aliphatic rings. The first-order valence-electron chi connectivity index (χ1n) is 8.71. The van der Waals surface area contributed by atoms with Crippen LogP contribution in [0.15, 0.2) is 29.4 Å². The quantitative estimate of drug-likeness (QED) is 0.718. The summed E-state index contributed by atoms with van der Waals surface area (Å²) in [4.78, 5) is 32.0. The SMILES string of the molecule is COC(=O)C1C[C@]2(CC(c3cccc(Cl)c3)=NO2)CN1C(=O)OC(C)(C)C. The fourth-order valence-corrected chi connectivity index (χ4v) is 3.54. The molecule has 1 aromatic carbocycles. The second-order valence-corrected chi connectivity index (χ2v) is 8.29. The van der Waals surface area contributed by atoms with Gasteiger partial charge < -0.3 is 14.3 Å². The topological polar surface area (TPSA) is 77.4 Å². The summed E-state index contributed by atoms with van der Waals surface area (Å²) in [6.07, 6.45) is 0.168. The van der Waals surface area contributed by atoms with Crippen LogP contribution in [0.3, 0.4) is 0 Å². The molecule has 3 rings (SSSR count). The van der Waals surface area contributed by atoms with Crippen LogP contribution in [-0.2, 0) is 19.1 Å². The Morgan fingerprint density at radius 2 is 2.11 bits per heavy atom. The highest BCUT2D eigenvalue weighted by Gasteiger charge is 2.55. The molecule has 1 saturated heterocycles. The lowest BCUT2D eigenvalue weighted by Crippen LogP contribution is -2.44. The van der Waals surface area contributed by atoms with Gasteiger partial charge in [-0.2, -0.15) is 0 Å². The van der Waals surface area contributed by atoms with E-state index in [-0.39, 0.29) is 13.0 Å². The van der Waals surface area contributed by atoms with Gasteiger partial charge in [-0.05, 0) is 32.9 Å². The Hall–Kier alpha value is -2.28. The van der Waals surface area contributed by atoms with E-state index in [1.807, 2.05) is 12.1 Å². The molecule has 146 valence electrons. The number of oxime groups is 1. The lowest BCUT2D eigenvalue weighted by molar-refractivity contribution is -0.145. The molecule has 0 radical (unpaired) electrons. The second kappa shape index (κ2) is 7.03. The van der Waals surface area contributed by atoms with Gasteiger partial charge in [0.1, 0.15) is 11.6 Å². The normalized spacial score (nSPS) is 24.6. The molecule has 0 aromatic heterocycles. The van der Waals surface area contributed by atoms with E-state index < -0.39 is 29.3 Å². The smallest absolute Gasteiger partial charge is 0.411 e. The minimum atomic E-state index is -0.784. The average Bonchev–Trinajstić information content (AvgIpc) is 3.17. The number of carbonyl (C=O) groups is 2. The van der Waals surface area contributed by atoms with Gasteiger partial charge in [0.25, 0.3) is 0 Å². The molecule has 1 aromatic rings. The zero-order valence-electron chi connectivity index (χ0n) is 15.8. The van der Waals surface area contributed by atoms with Crippen LogP contribution in [0.1, 0.15) is 39.2 Å². The molecular weight excluding hydrogens is 372 g/mol. The number of nitrogens with zero attached hydrogens (tertiary/aromatic N) is 2. The number of halogens is 1. The van der Waals surface area contributed by atoms with Gasteiger partial charge in [0, 0.05) is 23.4 Å². The van der Waals surface area contributed by atoms with Gasteiger partial charge >= 0.3 is 12.1 Å². The molecule has 8 heteroatoms. The highest BCUT2D eigenvalue weighted by Crippen LogP contribution is 2.39. The van der Waals surface area contributed by atoms with Crippen molar-refractivity contribution in [2.24, 2.45) is 5.16 Å².